The second-order valence-electron chi connectivity index (χ2n) is 4.86. The zero-order valence-electron chi connectivity index (χ0n) is 11.4. The molecule has 3 rings (SSSR count). The number of rotatable bonds is 2. The smallest absolute Gasteiger partial charge is 0.226 e. The zero-order valence-corrected chi connectivity index (χ0v) is 11.4. The van der Waals surface area contributed by atoms with E-state index in [0.29, 0.717) is 27.8 Å². The van der Waals surface area contributed by atoms with Gasteiger partial charge in [0.25, 0.3) is 0 Å². The lowest BCUT2D eigenvalue weighted by Gasteiger charge is -2.06. The first kappa shape index (κ1) is 12.5. The van der Waals surface area contributed by atoms with Crippen LogP contribution in [0, 0.1) is 0 Å². The molecular formula is C13H14N5O2+. The molecule has 0 aliphatic carbocycles. The van der Waals surface area contributed by atoms with Crippen LogP contribution in [0.25, 0.3) is 28.1 Å². The zero-order chi connectivity index (χ0) is 14.3. The lowest BCUT2D eigenvalue weighted by molar-refractivity contribution is -0.800. The van der Waals surface area contributed by atoms with Crippen LogP contribution in [0.1, 0.15) is 5.69 Å². The lowest BCUT2D eigenvalue weighted by atomic mass is 10.1. The number of nitrogens with zero attached hydrogens (tertiary/aromatic N) is 4. The molecule has 0 atom stereocenters. The number of aromatic nitrogens is 4. The van der Waals surface area contributed by atoms with Crippen molar-refractivity contribution in [2.75, 3.05) is 14.1 Å². The Morgan fingerprint density at radius 3 is 2.90 bits per heavy atom. The van der Waals surface area contributed by atoms with Gasteiger partial charge < -0.3 is 9.47 Å². The lowest BCUT2D eigenvalue weighted by Crippen LogP contribution is -3.00. The number of aryl methyl sites for hydroxylation is 1. The second kappa shape index (κ2) is 4.53. The van der Waals surface area contributed by atoms with E-state index < -0.39 is 0 Å². The van der Waals surface area contributed by atoms with Gasteiger partial charge in [0.05, 0.1) is 36.9 Å². The summed E-state index contributed by atoms with van der Waals surface area (Å²) in [5.41, 5.74) is 2.05. The Morgan fingerprint density at radius 2 is 2.15 bits per heavy atom. The van der Waals surface area contributed by atoms with E-state index in [1.54, 1.807) is 6.20 Å². The van der Waals surface area contributed by atoms with E-state index in [4.69, 9.17) is 4.63 Å². The van der Waals surface area contributed by atoms with Gasteiger partial charge in [-0.15, -0.1) is 0 Å². The van der Waals surface area contributed by atoms with Crippen LogP contribution in [0.4, 0.5) is 0 Å². The number of pyridine rings is 2. The van der Waals surface area contributed by atoms with Gasteiger partial charge in [-0.3, -0.25) is 4.79 Å². The fourth-order valence-corrected chi connectivity index (χ4v) is 2.11. The summed E-state index contributed by atoms with van der Waals surface area (Å²) in [4.78, 5) is 17.7. The summed E-state index contributed by atoms with van der Waals surface area (Å²) in [7, 11) is 5.81. The monoisotopic (exact) mass is 272 g/mol. The molecule has 0 spiro atoms. The number of nitrogens with one attached hydrogen (secondary N) is 1. The van der Waals surface area contributed by atoms with E-state index in [1.165, 1.54) is 6.07 Å². The van der Waals surface area contributed by atoms with Gasteiger partial charge in [0.1, 0.15) is 0 Å². The van der Waals surface area contributed by atoms with Crippen molar-refractivity contribution in [2.45, 2.75) is 0 Å². The Morgan fingerprint density at radius 1 is 1.35 bits per heavy atom. The molecule has 20 heavy (non-hydrogen) atoms. The molecule has 7 nitrogen and oxygen atoms in total. The maximum Gasteiger partial charge on any atom is 0.226 e. The molecule has 0 radical (unpaired) electrons. The van der Waals surface area contributed by atoms with Crippen LogP contribution < -0.4 is 10.3 Å². The Kier molecular flexibility index (Phi) is 2.83. The molecule has 0 saturated heterocycles. The average molecular weight is 272 g/mol. The summed E-state index contributed by atoms with van der Waals surface area (Å²) < 4.78 is 6.57. The highest BCUT2D eigenvalue weighted by Gasteiger charge is 2.15. The predicted octanol–water partition coefficient (Wildman–Crippen LogP) is -0.415. The summed E-state index contributed by atoms with van der Waals surface area (Å²) in [5.74, 6) is 0. The van der Waals surface area contributed by atoms with E-state index in [9.17, 15) is 4.79 Å². The molecule has 3 heterocycles. The number of hydrogen-bond acceptors (Lipinski definition) is 5. The van der Waals surface area contributed by atoms with Gasteiger partial charge in [0, 0.05) is 25.4 Å². The normalized spacial score (nSPS) is 12.2. The molecule has 0 saturated carbocycles. The van der Waals surface area contributed by atoms with Crippen LogP contribution in [-0.2, 0) is 7.05 Å². The maximum atomic E-state index is 12.2. The van der Waals surface area contributed by atoms with E-state index >= 15 is 0 Å². The molecule has 0 aromatic carbocycles. The molecule has 0 fully saturated rings. The molecule has 1 N–H and O–H groups in total. The average Bonchev–Trinajstić information content (AvgIpc) is 2.87. The van der Waals surface area contributed by atoms with Crippen molar-refractivity contribution < 1.29 is 9.53 Å². The SMILES string of the molecule is Cn1ccc(=O)c2c(C=C[NH+](C)C)nc3nonc3c21. The van der Waals surface area contributed by atoms with E-state index in [2.05, 4.69) is 15.3 Å². The van der Waals surface area contributed by atoms with E-state index in [-0.39, 0.29) is 5.43 Å². The van der Waals surface area contributed by atoms with Crippen molar-refractivity contribution >= 4 is 28.1 Å². The van der Waals surface area contributed by atoms with E-state index in [1.807, 2.05) is 38.0 Å². The van der Waals surface area contributed by atoms with Crippen molar-refractivity contribution in [3.63, 3.8) is 0 Å². The first-order valence-corrected chi connectivity index (χ1v) is 6.18. The molecule has 0 aliphatic heterocycles. The van der Waals surface area contributed by atoms with Gasteiger partial charge in [0.15, 0.2) is 10.9 Å². The largest absolute Gasteiger partial charge is 0.348 e. The van der Waals surface area contributed by atoms with Crippen LogP contribution in [0.5, 0.6) is 0 Å². The summed E-state index contributed by atoms with van der Waals surface area (Å²) in [5, 5.41) is 8.15. The Labute approximate surface area is 114 Å². The standard InChI is InChI=1S/C13H13N5O2/c1-17(2)6-4-8-10-9(19)5-7-18(3)12(10)11-13(14-8)16-20-15-11/h4-7H,1-3H3/p+1. The second-order valence-corrected chi connectivity index (χ2v) is 4.86. The Balaban J connectivity index is 2.49. The molecule has 102 valence electrons. The predicted molar refractivity (Wildman–Crippen MR) is 74.2 cm³/mol. The molecule has 0 amide bonds. The topological polar surface area (TPSA) is 78.2 Å². The summed E-state index contributed by atoms with van der Waals surface area (Å²) in [6.45, 7) is 0. The van der Waals surface area contributed by atoms with Gasteiger partial charge in [0.2, 0.25) is 5.65 Å². The minimum absolute atomic E-state index is 0.0936. The van der Waals surface area contributed by atoms with Crippen molar-refractivity contribution in [3.05, 3.63) is 34.4 Å². The summed E-state index contributed by atoms with van der Waals surface area (Å²) in [6, 6.07) is 1.52. The van der Waals surface area contributed by atoms with Crippen molar-refractivity contribution in [1.29, 1.82) is 0 Å². The minimum atomic E-state index is -0.0936. The van der Waals surface area contributed by atoms with Crippen LogP contribution in [0.3, 0.4) is 0 Å². The Hall–Kier alpha value is -2.54. The fraction of sp³-hybridized carbons (Fsp3) is 0.231. The Bertz CT molecular complexity index is 875. The van der Waals surface area contributed by atoms with Gasteiger partial charge in [-0.05, 0) is 10.3 Å². The van der Waals surface area contributed by atoms with Crippen LogP contribution in [0.2, 0.25) is 0 Å². The van der Waals surface area contributed by atoms with E-state index in [0.717, 1.165) is 4.90 Å². The molecule has 3 aromatic heterocycles. The first-order chi connectivity index (χ1) is 9.58. The molecule has 0 bridgehead atoms. The molecule has 0 aliphatic rings. The van der Waals surface area contributed by atoms with Crippen LogP contribution in [0.15, 0.2) is 27.9 Å². The fourth-order valence-electron chi connectivity index (χ4n) is 2.11. The first-order valence-electron chi connectivity index (χ1n) is 6.18. The third-order valence-electron chi connectivity index (χ3n) is 3.04. The van der Waals surface area contributed by atoms with Crippen molar-refractivity contribution in [1.82, 2.24) is 19.9 Å². The van der Waals surface area contributed by atoms with Gasteiger partial charge in [-0.25, -0.2) is 9.61 Å². The van der Waals surface area contributed by atoms with Gasteiger partial charge >= 0.3 is 0 Å². The molecular weight excluding hydrogens is 258 g/mol. The third-order valence-corrected chi connectivity index (χ3v) is 3.04. The molecule has 0 unspecified atom stereocenters. The minimum Gasteiger partial charge on any atom is -0.348 e. The van der Waals surface area contributed by atoms with Crippen molar-refractivity contribution in [2.24, 2.45) is 7.05 Å². The van der Waals surface area contributed by atoms with Crippen LogP contribution >= 0.6 is 0 Å². The van der Waals surface area contributed by atoms with Gasteiger partial charge in [-0.2, -0.15) is 0 Å². The number of fused-ring (bicyclic) bond motifs is 3. The highest BCUT2D eigenvalue weighted by molar-refractivity contribution is 6.02. The number of hydrogen-bond donors (Lipinski definition) is 1. The summed E-state index contributed by atoms with van der Waals surface area (Å²) >= 11 is 0. The maximum absolute atomic E-state index is 12.2. The molecule has 3 aromatic rings. The molecule has 7 heteroatoms. The number of quaternary nitrogens is 1. The third kappa shape index (κ3) is 1.88. The van der Waals surface area contributed by atoms with Gasteiger partial charge in [-0.1, -0.05) is 0 Å². The van der Waals surface area contributed by atoms with Crippen LogP contribution in [-0.4, -0.2) is 34.0 Å². The highest BCUT2D eigenvalue weighted by atomic mass is 16.6. The summed E-state index contributed by atoms with van der Waals surface area (Å²) in [6.07, 6.45) is 5.42. The quantitative estimate of drug-likeness (QED) is 0.686. The highest BCUT2D eigenvalue weighted by Crippen LogP contribution is 2.21. The van der Waals surface area contributed by atoms with Crippen molar-refractivity contribution in [3.8, 4) is 0 Å².